The number of hydrogen-bond donors (Lipinski definition) is 1. The van der Waals surface area contributed by atoms with Gasteiger partial charge in [-0.1, -0.05) is 0 Å². The molecule has 0 aliphatic heterocycles. The minimum atomic E-state index is -4.46. The van der Waals surface area contributed by atoms with Crippen LogP contribution in [0.2, 0.25) is 0 Å². The zero-order valence-corrected chi connectivity index (χ0v) is 7.29. The van der Waals surface area contributed by atoms with E-state index in [0.717, 1.165) is 6.07 Å². The van der Waals surface area contributed by atoms with Gasteiger partial charge in [0.25, 0.3) is 0 Å². The lowest BCUT2D eigenvalue weighted by Gasteiger charge is -2.02. The Balaban J connectivity index is 3.18. The third-order valence-corrected chi connectivity index (χ3v) is 2.66. The fourth-order valence-electron chi connectivity index (χ4n) is 0.869. The number of thiophene rings is 1. The van der Waals surface area contributed by atoms with Gasteiger partial charge < -0.3 is 5.11 Å². The Morgan fingerprint density at radius 2 is 2.08 bits per heavy atom. The van der Waals surface area contributed by atoms with E-state index in [1.54, 1.807) is 0 Å². The molecule has 1 aromatic heterocycles. The predicted octanol–water partition coefficient (Wildman–Crippen LogP) is 2.77. The molecule has 1 rings (SSSR count). The second-order valence-corrected chi connectivity index (χ2v) is 3.48. The molecular formula is C7H5F3O2S. The zero-order chi connectivity index (χ0) is 10.2. The van der Waals surface area contributed by atoms with Crippen molar-refractivity contribution in [3.8, 4) is 0 Å². The Bertz CT molecular complexity index is 340. The normalized spacial score (nSPS) is 11.7. The highest BCUT2D eigenvalue weighted by Crippen LogP contribution is 2.37. The van der Waals surface area contributed by atoms with Crippen LogP contribution >= 0.6 is 11.3 Å². The van der Waals surface area contributed by atoms with E-state index < -0.39 is 17.0 Å². The molecule has 0 bridgehead atoms. The van der Waals surface area contributed by atoms with Crippen molar-refractivity contribution in [2.45, 2.75) is 13.1 Å². The van der Waals surface area contributed by atoms with E-state index in [2.05, 4.69) is 0 Å². The average Bonchev–Trinajstić information content (AvgIpc) is 2.29. The number of aryl methyl sites for hydroxylation is 1. The van der Waals surface area contributed by atoms with Crippen LogP contribution < -0.4 is 0 Å². The van der Waals surface area contributed by atoms with Gasteiger partial charge in [-0.3, -0.25) is 0 Å². The summed E-state index contributed by atoms with van der Waals surface area (Å²) in [6.07, 6.45) is -4.46. The molecule has 0 saturated heterocycles. The molecule has 0 radical (unpaired) electrons. The van der Waals surface area contributed by atoms with Crippen LogP contribution in [0.5, 0.6) is 0 Å². The van der Waals surface area contributed by atoms with E-state index in [4.69, 9.17) is 5.11 Å². The summed E-state index contributed by atoms with van der Waals surface area (Å²) in [7, 11) is 0. The van der Waals surface area contributed by atoms with Crippen molar-refractivity contribution in [3.63, 3.8) is 0 Å². The summed E-state index contributed by atoms with van der Waals surface area (Å²) < 4.78 is 36.4. The first-order valence-corrected chi connectivity index (χ1v) is 4.05. The maximum absolute atomic E-state index is 12.1. The fraction of sp³-hybridized carbons (Fsp3) is 0.286. The Labute approximate surface area is 75.6 Å². The minimum Gasteiger partial charge on any atom is -0.477 e. The molecule has 72 valence electrons. The lowest BCUT2D eigenvalue weighted by Crippen LogP contribution is -2.03. The third kappa shape index (κ3) is 2.00. The highest BCUT2D eigenvalue weighted by atomic mass is 32.1. The molecule has 0 aliphatic carbocycles. The summed E-state index contributed by atoms with van der Waals surface area (Å²) in [5, 5.41) is 8.43. The fourth-order valence-corrected chi connectivity index (χ4v) is 1.75. The Hall–Kier alpha value is -1.04. The molecule has 0 unspecified atom stereocenters. The summed E-state index contributed by atoms with van der Waals surface area (Å²) >= 11 is 0.250. The molecule has 0 fully saturated rings. The van der Waals surface area contributed by atoms with Gasteiger partial charge in [0.05, 0.1) is 0 Å². The van der Waals surface area contributed by atoms with E-state index in [-0.39, 0.29) is 21.8 Å². The molecule has 0 aromatic carbocycles. The van der Waals surface area contributed by atoms with E-state index in [1.165, 1.54) is 6.92 Å². The average molecular weight is 210 g/mol. The Morgan fingerprint density at radius 3 is 2.31 bits per heavy atom. The van der Waals surface area contributed by atoms with E-state index in [1.807, 2.05) is 0 Å². The molecule has 1 aromatic rings. The van der Waals surface area contributed by atoms with Crippen molar-refractivity contribution >= 4 is 17.3 Å². The topological polar surface area (TPSA) is 37.3 Å². The van der Waals surface area contributed by atoms with Gasteiger partial charge in [0.2, 0.25) is 0 Å². The molecule has 0 spiro atoms. The standard InChI is InChI=1S/C7H5F3O2S/c1-3-2-4(6(11)12)13-5(3)7(8,9)10/h2H,1H3,(H,11,12). The van der Waals surface area contributed by atoms with Crippen molar-refractivity contribution in [2.24, 2.45) is 0 Å². The molecule has 2 nitrogen and oxygen atoms in total. The monoisotopic (exact) mass is 210 g/mol. The lowest BCUT2D eigenvalue weighted by molar-refractivity contribution is -0.134. The predicted molar refractivity (Wildman–Crippen MR) is 41.0 cm³/mol. The Kier molecular flexibility index (Phi) is 2.34. The van der Waals surface area contributed by atoms with Crippen molar-refractivity contribution in [1.82, 2.24) is 0 Å². The van der Waals surface area contributed by atoms with Crippen LogP contribution in [0.15, 0.2) is 6.07 Å². The number of alkyl halides is 3. The molecule has 0 amide bonds. The summed E-state index contributed by atoms with van der Waals surface area (Å²) in [6, 6.07) is 1.02. The number of halogens is 3. The summed E-state index contributed by atoms with van der Waals surface area (Å²) in [4.78, 5) is 9.21. The van der Waals surface area contributed by atoms with Crippen molar-refractivity contribution < 1.29 is 23.1 Å². The van der Waals surface area contributed by atoms with Crippen molar-refractivity contribution in [3.05, 3.63) is 21.4 Å². The SMILES string of the molecule is Cc1cc(C(=O)O)sc1C(F)(F)F. The summed E-state index contributed by atoms with van der Waals surface area (Å²) in [5.41, 5.74) is -0.0464. The number of rotatable bonds is 1. The van der Waals surface area contributed by atoms with E-state index in [0.29, 0.717) is 0 Å². The van der Waals surface area contributed by atoms with Gasteiger partial charge in [-0.25, -0.2) is 4.79 Å². The van der Waals surface area contributed by atoms with Gasteiger partial charge in [-0.15, -0.1) is 11.3 Å². The second kappa shape index (κ2) is 3.02. The van der Waals surface area contributed by atoms with Crippen molar-refractivity contribution in [1.29, 1.82) is 0 Å². The molecule has 13 heavy (non-hydrogen) atoms. The maximum atomic E-state index is 12.1. The highest BCUT2D eigenvalue weighted by Gasteiger charge is 2.35. The minimum absolute atomic E-state index is 0.0464. The van der Waals surface area contributed by atoms with Crippen LogP contribution in [0.4, 0.5) is 13.2 Å². The van der Waals surface area contributed by atoms with Crippen LogP contribution in [0.25, 0.3) is 0 Å². The summed E-state index contributed by atoms with van der Waals surface area (Å²) in [6.45, 7) is 1.24. The van der Waals surface area contributed by atoms with Crippen LogP contribution in [0.1, 0.15) is 20.1 Å². The second-order valence-electron chi connectivity index (χ2n) is 2.43. The van der Waals surface area contributed by atoms with Crippen LogP contribution in [0.3, 0.4) is 0 Å². The van der Waals surface area contributed by atoms with E-state index >= 15 is 0 Å². The third-order valence-electron chi connectivity index (χ3n) is 1.39. The van der Waals surface area contributed by atoms with Gasteiger partial charge >= 0.3 is 12.1 Å². The van der Waals surface area contributed by atoms with Gasteiger partial charge in [0, 0.05) is 0 Å². The van der Waals surface area contributed by atoms with Gasteiger partial charge in [0.15, 0.2) is 0 Å². The number of carbonyl (C=O) groups is 1. The molecule has 6 heteroatoms. The van der Waals surface area contributed by atoms with Crippen LogP contribution in [0, 0.1) is 6.92 Å². The van der Waals surface area contributed by atoms with Crippen LogP contribution in [-0.2, 0) is 6.18 Å². The van der Waals surface area contributed by atoms with Gasteiger partial charge in [-0.05, 0) is 18.6 Å². The summed E-state index contributed by atoms with van der Waals surface area (Å²) in [5.74, 6) is -1.33. The number of carboxylic acids is 1. The lowest BCUT2D eigenvalue weighted by atomic mass is 10.2. The molecular weight excluding hydrogens is 205 g/mol. The van der Waals surface area contributed by atoms with E-state index in [9.17, 15) is 18.0 Å². The maximum Gasteiger partial charge on any atom is 0.425 e. The molecule has 1 heterocycles. The zero-order valence-electron chi connectivity index (χ0n) is 6.47. The largest absolute Gasteiger partial charge is 0.477 e. The number of hydrogen-bond acceptors (Lipinski definition) is 2. The van der Waals surface area contributed by atoms with Gasteiger partial charge in [-0.2, -0.15) is 13.2 Å². The first-order chi connectivity index (χ1) is 5.82. The Morgan fingerprint density at radius 1 is 1.54 bits per heavy atom. The molecule has 0 saturated carbocycles. The smallest absolute Gasteiger partial charge is 0.425 e. The van der Waals surface area contributed by atoms with Crippen LogP contribution in [-0.4, -0.2) is 11.1 Å². The van der Waals surface area contributed by atoms with Crippen molar-refractivity contribution in [2.75, 3.05) is 0 Å². The number of aromatic carboxylic acids is 1. The first-order valence-electron chi connectivity index (χ1n) is 3.23. The number of carboxylic acid groups (broad SMARTS) is 1. The molecule has 1 N–H and O–H groups in total. The van der Waals surface area contributed by atoms with Gasteiger partial charge in [0.1, 0.15) is 9.75 Å². The molecule has 0 aliphatic rings. The quantitative estimate of drug-likeness (QED) is 0.773. The highest BCUT2D eigenvalue weighted by molar-refractivity contribution is 7.14. The molecule has 0 atom stereocenters. The first kappa shape index (κ1) is 10.0.